The Morgan fingerprint density at radius 1 is 1.36 bits per heavy atom. The molecule has 0 aromatic carbocycles. The van der Waals surface area contributed by atoms with Gasteiger partial charge < -0.3 is 14.2 Å². The Morgan fingerprint density at radius 3 is 2.82 bits per heavy atom. The summed E-state index contributed by atoms with van der Waals surface area (Å²) < 4.78 is 16.6. The SMILES string of the molecule is CC(=O)O[C@H]1O[C@@H]2OC=C(C(=O)CCC(C)C)[C@H]3CC[C@H]1[C@H]23. The van der Waals surface area contributed by atoms with E-state index in [-0.39, 0.29) is 35.8 Å². The van der Waals surface area contributed by atoms with E-state index in [1.54, 1.807) is 6.26 Å². The topological polar surface area (TPSA) is 61.8 Å². The molecule has 2 heterocycles. The number of hydrogen-bond donors (Lipinski definition) is 0. The lowest BCUT2D eigenvalue weighted by Gasteiger charge is -2.29. The summed E-state index contributed by atoms with van der Waals surface area (Å²) in [7, 11) is 0. The molecule has 2 fully saturated rings. The Balaban J connectivity index is 1.70. The summed E-state index contributed by atoms with van der Waals surface area (Å²) in [6, 6.07) is 0. The number of esters is 1. The van der Waals surface area contributed by atoms with Gasteiger partial charge >= 0.3 is 5.97 Å². The molecule has 0 unspecified atom stereocenters. The zero-order valence-corrected chi connectivity index (χ0v) is 13.4. The molecule has 5 heteroatoms. The van der Waals surface area contributed by atoms with Crippen LogP contribution in [0.25, 0.3) is 0 Å². The van der Waals surface area contributed by atoms with E-state index in [0.717, 1.165) is 24.8 Å². The van der Waals surface area contributed by atoms with Gasteiger partial charge in [-0.1, -0.05) is 13.8 Å². The fourth-order valence-corrected chi connectivity index (χ4v) is 3.92. The smallest absolute Gasteiger partial charge is 0.304 e. The molecular formula is C17H24O5. The monoisotopic (exact) mass is 308 g/mol. The van der Waals surface area contributed by atoms with Crippen molar-refractivity contribution < 1.29 is 23.8 Å². The van der Waals surface area contributed by atoms with Crippen molar-refractivity contribution in [2.45, 2.75) is 59.0 Å². The average Bonchev–Trinajstić information content (AvgIpc) is 3.02. The average molecular weight is 308 g/mol. The van der Waals surface area contributed by atoms with E-state index in [1.165, 1.54) is 6.92 Å². The first-order chi connectivity index (χ1) is 10.5. The van der Waals surface area contributed by atoms with Crippen LogP contribution in [0.5, 0.6) is 0 Å². The maximum Gasteiger partial charge on any atom is 0.304 e. The minimum Gasteiger partial charge on any atom is -0.472 e. The lowest BCUT2D eigenvalue weighted by Crippen LogP contribution is -2.32. The fraction of sp³-hybridized carbons (Fsp3) is 0.765. The second-order valence-corrected chi connectivity index (χ2v) is 6.97. The molecular weight excluding hydrogens is 284 g/mol. The molecule has 0 radical (unpaired) electrons. The van der Waals surface area contributed by atoms with Gasteiger partial charge in [-0.15, -0.1) is 0 Å². The third kappa shape index (κ3) is 2.78. The van der Waals surface area contributed by atoms with Crippen molar-refractivity contribution in [1.29, 1.82) is 0 Å². The van der Waals surface area contributed by atoms with Crippen LogP contribution in [-0.2, 0) is 23.8 Å². The molecule has 3 aliphatic rings. The molecule has 3 rings (SSSR count). The van der Waals surface area contributed by atoms with E-state index in [1.807, 2.05) is 0 Å². The summed E-state index contributed by atoms with van der Waals surface area (Å²) in [5, 5.41) is 0. The molecule has 0 bridgehead atoms. The Labute approximate surface area is 131 Å². The Morgan fingerprint density at radius 2 is 2.14 bits per heavy atom. The third-order valence-electron chi connectivity index (χ3n) is 4.98. The van der Waals surface area contributed by atoms with Gasteiger partial charge in [0.05, 0.1) is 6.26 Å². The molecule has 1 aliphatic carbocycles. The minimum atomic E-state index is -0.531. The molecule has 0 spiro atoms. The summed E-state index contributed by atoms with van der Waals surface area (Å²) in [6.45, 7) is 5.63. The highest BCUT2D eigenvalue weighted by atomic mass is 16.8. The summed E-state index contributed by atoms with van der Waals surface area (Å²) in [4.78, 5) is 23.7. The maximum atomic E-state index is 12.5. The molecule has 0 amide bonds. The highest BCUT2D eigenvalue weighted by Crippen LogP contribution is 2.53. The molecule has 2 aliphatic heterocycles. The van der Waals surface area contributed by atoms with Crippen LogP contribution in [0, 0.1) is 23.7 Å². The molecule has 1 saturated heterocycles. The molecule has 1 saturated carbocycles. The fourth-order valence-electron chi connectivity index (χ4n) is 3.92. The summed E-state index contributed by atoms with van der Waals surface area (Å²) >= 11 is 0. The van der Waals surface area contributed by atoms with Crippen LogP contribution in [0.1, 0.15) is 46.5 Å². The van der Waals surface area contributed by atoms with E-state index in [2.05, 4.69) is 13.8 Å². The van der Waals surface area contributed by atoms with E-state index >= 15 is 0 Å². The standard InChI is InChI=1S/C17H24O5/c1-9(2)4-7-14(19)13-8-20-17-15-11(13)5-6-12(15)16(22-17)21-10(3)18/h8-9,11-12,15-17H,4-7H2,1-3H3/t11-,12+,15-,16+,17+/m1/s1. The third-order valence-corrected chi connectivity index (χ3v) is 4.98. The van der Waals surface area contributed by atoms with Gasteiger partial charge in [-0.05, 0) is 31.1 Å². The molecule has 0 N–H and O–H groups in total. The quantitative estimate of drug-likeness (QED) is 0.731. The van der Waals surface area contributed by atoms with Crippen molar-refractivity contribution in [1.82, 2.24) is 0 Å². The summed E-state index contributed by atoms with van der Waals surface area (Å²) in [5.41, 5.74) is 0.802. The highest BCUT2D eigenvalue weighted by molar-refractivity contribution is 5.95. The van der Waals surface area contributed by atoms with E-state index in [9.17, 15) is 9.59 Å². The van der Waals surface area contributed by atoms with Crippen LogP contribution in [0.2, 0.25) is 0 Å². The van der Waals surface area contributed by atoms with Crippen molar-refractivity contribution in [2.75, 3.05) is 0 Å². The van der Waals surface area contributed by atoms with Crippen LogP contribution in [0.3, 0.4) is 0 Å². The number of Topliss-reactive ketones (excluding diaryl/α,β-unsaturated/α-hetero) is 1. The normalized spacial score (nSPS) is 35.8. The van der Waals surface area contributed by atoms with E-state index in [0.29, 0.717) is 12.3 Å². The van der Waals surface area contributed by atoms with Gasteiger partial charge in [-0.25, -0.2) is 0 Å². The highest BCUT2D eigenvalue weighted by Gasteiger charge is 2.57. The Kier molecular flexibility index (Phi) is 4.26. The second kappa shape index (κ2) is 6.03. The largest absolute Gasteiger partial charge is 0.472 e. The van der Waals surface area contributed by atoms with Gasteiger partial charge in [0.25, 0.3) is 0 Å². The number of allylic oxidation sites excluding steroid dienone is 1. The number of ketones is 1. The number of carbonyl (C=O) groups excluding carboxylic acids is 2. The lowest BCUT2D eigenvalue weighted by molar-refractivity contribution is -0.208. The Hall–Kier alpha value is -1.36. The first kappa shape index (κ1) is 15.5. The van der Waals surface area contributed by atoms with Crippen molar-refractivity contribution in [3.8, 4) is 0 Å². The Bertz CT molecular complexity index is 495. The van der Waals surface area contributed by atoms with Gasteiger partial charge in [-0.2, -0.15) is 0 Å². The van der Waals surface area contributed by atoms with Crippen molar-refractivity contribution in [3.63, 3.8) is 0 Å². The van der Waals surface area contributed by atoms with Gasteiger partial charge in [0.1, 0.15) is 0 Å². The van der Waals surface area contributed by atoms with Crippen LogP contribution in [0.4, 0.5) is 0 Å². The zero-order chi connectivity index (χ0) is 15.9. The predicted molar refractivity (Wildman–Crippen MR) is 78.4 cm³/mol. The van der Waals surface area contributed by atoms with Gasteiger partial charge in [0.15, 0.2) is 5.78 Å². The molecule has 0 aromatic heterocycles. The number of rotatable bonds is 5. The molecule has 22 heavy (non-hydrogen) atoms. The first-order valence-corrected chi connectivity index (χ1v) is 8.18. The van der Waals surface area contributed by atoms with Crippen LogP contribution in [0.15, 0.2) is 11.8 Å². The molecule has 0 aromatic rings. The minimum absolute atomic E-state index is 0.132. The number of carbonyl (C=O) groups is 2. The maximum absolute atomic E-state index is 12.5. The lowest BCUT2D eigenvalue weighted by atomic mass is 9.81. The second-order valence-electron chi connectivity index (χ2n) is 6.97. The molecule has 5 atom stereocenters. The van der Waals surface area contributed by atoms with Crippen LogP contribution < -0.4 is 0 Å². The van der Waals surface area contributed by atoms with Gasteiger partial charge in [0, 0.05) is 30.8 Å². The van der Waals surface area contributed by atoms with E-state index in [4.69, 9.17) is 14.2 Å². The van der Waals surface area contributed by atoms with Crippen molar-refractivity contribution in [3.05, 3.63) is 11.8 Å². The number of ether oxygens (including phenoxy) is 3. The van der Waals surface area contributed by atoms with E-state index < -0.39 is 6.29 Å². The van der Waals surface area contributed by atoms with Crippen molar-refractivity contribution in [2.24, 2.45) is 23.7 Å². The van der Waals surface area contributed by atoms with Crippen LogP contribution >= 0.6 is 0 Å². The summed E-state index contributed by atoms with van der Waals surface area (Å²) in [6.07, 6.45) is 3.98. The first-order valence-electron chi connectivity index (χ1n) is 8.18. The predicted octanol–water partition coefficient (Wildman–Crippen LogP) is 2.79. The van der Waals surface area contributed by atoms with Crippen LogP contribution in [-0.4, -0.2) is 24.3 Å². The molecule has 122 valence electrons. The van der Waals surface area contributed by atoms with Gasteiger partial charge in [-0.3, -0.25) is 9.59 Å². The zero-order valence-electron chi connectivity index (χ0n) is 13.4. The molecule has 5 nitrogen and oxygen atoms in total. The van der Waals surface area contributed by atoms with Gasteiger partial charge in [0.2, 0.25) is 12.6 Å². The summed E-state index contributed by atoms with van der Waals surface area (Å²) in [5.74, 6) is 0.820. The van der Waals surface area contributed by atoms with Crippen molar-refractivity contribution >= 4 is 11.8 Å². The number of hydrogen-bond acceptors (Lipinski definition) is 5.